The lowest BCUT2D eigenvalue weighted by Gasteiger charge is -2.14. The minimum atomic E-state index is -0.247. The molecule has 6 heteroatoms. The zero-order valence-electron chi connectivity index (χ0n) is 17.0. The van der Waals surface area contributed by atoms with Crippen LogP contribution in [0.15, 0.2) is 42.5 Å². The van der Waals surface area contributed by atoms with Gasteiger partial charge in [-0.1, -0.05) is 13.8 Å². The van der Waals surface area contributed by atoms with Crippen molar-refractivity contribution in [3.8, 4) is 11.5 Å². The molecule has 1 aliphatic rings. The Morgan fingerprint density at radius 3 is 2.10 bits per heavy atom. The molecule has 29 heavy (non-hydrogen) atoms. The van der Waals surface area contributed by atoms with Gasteiger partial charge < -0.3 is 20.1 Å². The Balaban J connectivity index is 1.66. The minimum absolute atomic E-state index is 0.0780. The third-order valence-corrected chi connectivity index (χ3v) is 4.45. The quantitative estimate of drug-likeness (QED) is 0.624. The van der Waals surface area contributed by atoms with E-state index in [1.165, 1.54) is 0 Å². The van der Waals surface area contributed by atoms with Gasteiger partial charge in [-0.2, -0.15) is 0 Å². The maximum atomic E-state index is 12.7. The lowest BCUT2D eigenvalue weighted by atomic mass is 10.1. The zero-order valence-corrected chi connectivity index (χ0v) is 17.0. The summed E-state index contributed by atoms with van der Waals surface area (Å²) in [6, 6.07) is 12.4. The van der Waals surface area contributed by atoms with E-state index in [9.17, 15) is 9.59 Å². The molecule has 0 spiro atoms. The Kier molecular flexibility index (Phi) is 7.11. The minimum Gasteiger partial charge on any atom is -0.490 e. The van der Waals surface area contributed by atoms with E-state index in [-0.39, 0.29) is 11.8 Å². The Morgan fingerprint density at radius 1 is 0.862 bits per heavy atom. The van der Waals surface area contributed by atoms with Crippen molar-refractivity contribution in [2.45, 2.75) is 45.6 Å². The van der Waals surface area contributed by atoms with Crippen LogP contribution in [0.3, 0.4) is 0 Å². The number of ether oxygens (including phenoxy) is 2. The van der Waals surface area contributed by atoms with Crippen LogP contribution in [0.1, 0.15) is 60.2 Å². The number of hydrogen-bond acceptors (Lipinski definition) is 4. The fraction of sp³-hybridized carbons (Fsp3) is 0.391. The molecule has 2 amide bonds. The lowest BCUT2D eigenvalue weighted by molar-refractivity contribution is 0.0950. The summed E-state index contributed by atoms with van der Waals surface area (Å²) < 4.78 is 11.5. The van der Waals surface area contributed by atoms with Gasteiger partial charge in [-0.25, -0.2) is 0 Å². The van der Waals surface area contributed by atoms with Gasteiger partial charge in [-0.15, -0.1) is 0 Å². The Hall–Kier alpha value is -3.02. The Labute approximate surface area is 171 Å². The SMILES string of the molecule is CCCOc1ccc(C(=O)Nc2ccc(C(=O)NC3CC3)cc2)cc1OCCC. The second-order valence-corrected chi connectivity index (χ2v) is 7.14. The van der Waals surface area contributed by atoms with Crippen molar-refractivity contribution in [3.05, 3.63) is 53.6 Å². The van der Waals surface area contributed by atoms with E-state index in [4.69, 9.17) is 9.47 Å². The summed E-state index contributed by atoms with van der Waals surface area (Å²) >= 11 is 0. The van der Waals surface area contributed by atoms with Crippen LogP contribution in [0.25, 0.3) is 0 Å². The van der Waals surface area contributed by atoms with Crippen molar-refractivity contribution in [3.63, 3.8) is 0 Å². The summed E-state index contributed by atoms with van der Waals surface area (Å²) in [5.74, 6) is 0.886. The predicted octanol–water partition coefficient (Wildman–Crippen LogP) is 4.41. The van der Waals surface area contributed by atoms with E-state index in [2.05, 4.69) is 10.6 Å². The van der Waals surface area contributed by atoms with E-state index >= 15 is 0 Å². The van der Waals surface area contributed by atoms with Crippen LogP contribution in [0, 0.1) is 0 Å². The molecule has 0 unspecified atom stereocenters. The summed E-state index contributed by atoms with van der Waals surface area (Å²) in [6.45, 7) is 5.21. The van der Waals surface area contributed by atoms with Crippen molar-refractivity contribution in [1.29, 1.82) is 0 Å². The van der Waals surface area contributed by atoms with Crippen molar-refractivity contribution >= 4 is 17.5 Å². The third-order valence-electron chi connectivity index (χ3n) is 4.45. The summed E-state index contributed by atoms with van der Waals surface area (Å²) in [7, 11) is 0. The van der Waals surface area contributed by atoms with Crippen LogP contribution in [-0.2, 0) is 0 Å². The molecular weight excluding hydrogens is 368 g/mol. The van der Waals surface area contributed by atoms with E-state index < -0.39 is 0 Å². The first-order valence-corrected chi connectivity index (χ1v) is 10.2. The molecule has 1 aliphatic carbocycles. The second-order valence-electron chi connectivity index (χ2n) is 7.14. The van der Waals surface area contributed by atoms with Gasteiger partial charge >= 0.3 is 0 Å². The topological polar surface area (TPSA) is 76.7 Å². The first kappa shape index (κ1) is 20.7. The van der Waals surface area contributed by atoms with Gasteiger partial charge in [0.15, 0.2) is 11.5 Å². The molecule has 0 saturated heterocycles. The summed E-state index contributed by atoms with van der Waals surface area (Å²) in [5.41, 5.74) is 1.69. The van der Waals surface area contributed by atoms with Gasteiger partial charge in [0.25, 0.3) is 11.8 Å². The standard InChI is InChI=1S/C23H28N2O4/c1-3-13-28-20-12-7-17(15-21(20)29-14-4-2)23(27)25-18-8-5-16(6-9-18)22(26)24-19-10-11-19/h5-9,12,15,19H,3-4,10-11,13-14H2,1-2H3,(H,24,26)(H,25,27). The highest BCUT2D eigenvalue weighted by Crippen LogP contribution is 2.29. The van der Waals surface area contributed by atoms with Gasteiger partial charge in [0, 0.05) is 22.9 Å². The van der Waals surface area contributed by atoms with Gasteiger partial charge in [-0.3, -0.25) is 9.59 Å². The van der Waals surface area contributed by atoms with Crippen molar-refractivity contribution in [1.82, 2.24) is 5.32 Å². The molecule has 0 radical (unpaired) electrons. The molecule has 0 atom stereocenters. The van der Waals surface area contributed by atoms with E-state index in [1.54, 1.807) is 42.5 Å². The first-order valence-electron chi connectivity index (χ1n) is 10.2. The van der Waals surface area contributed by atoms with Crippen LogP contribution >= 0.6 is 0 Å². The monoisotopic (exact) mass is 396 g/mol. The molecule has 6 nitrogen and oxygen atoms in total. The van der Waals surface area contributed by atoms with Crippen LogP contribution < -0.4 is 20.1 Å². The smallest absolute Gasteiger partial charge is 0.255 e. The van der Waals surface area contributed by atoms with Gasteiger partial charge in [0.2, 0.25) is 0 Å². The number of benzene rings is 2. The highest BCUT2D eigenvalue weighted by Gasteiger charge is 2.23. The number of rotatable bonds is 10. The van der Waals surface area contributed by atoms with E-state index in [1.807, 2.05) is 13.8 Å². The van der Waals surface area contributed by atoms with E-state index in [0.29, 0.717) is 47.6 Å². The van der Waals surface area contributed by atoms with Gasteiger partial charge in [0.05, 0.1) is 13.2 Å². The Bertz CT molecular complexity index is 844. The molecule has 154 valence electrons. The maximum Gasteiger partial charge on any atom is 0.255 e. The number of anilines is 1. The van der Waals surface area contributed by atoms with Gasteiger partial charge in [-0.05, 0) is 68.1 Å². The van der Waals surface area contributed by atoms with Crippen molar-refractivity contribution in [2.75, 3.05) is 18.5 Å². The van der Waals surface area contributed by atoms with Crippen LogP contribution in [0.5, 0.6) is 11.5 Å². The van der Waals surface area contributed by atoms with E-state index in [0.717, 1.165) is 25.7 Å². The molecule has 0 aromatic heterocycles. The Morgan fingerprint density at radius 2 is 1.48 bits per heavy atom. The molecule has 2 N–H and O–H groups in total. The average molecular weight is 396 g/mol. The lowest BCUT2D eigenvalue weighted by Crippen LogP contribution is -2.25. The predicted molar refractivity (Wildman–Crippen MR) is 113 cm³/mol. The number of amides is 2. The fourth-order valence-corrected chi connectivity index (χ4v) is 2.71. The molecular formula is C23H28N2O4. The zero-order chi connectivity index (χ0) is 20.6. The van der Waals surface area contributed by atoms with Crippen LogP contribution in [-0.4, -0.2) is 31.1 Å². The molecule has 2 aromatic rings. The summed E-state index contributed by atoms with van der Waals surface area (Å²) in [4.78, 5) is 24.7. The number of carbonyl (C=O) groups is 2. The summed E-state index contributed by atoms with van der Waals surface area (Å²) in [6.07, 6.45) is 3.85. The number of hydrogen-bond donors (Lipinski definition) is 2. The highest BCUT2D eigenvalue weighted by atomic mass is 16.5. The van der Waals surface area contributed by atoms with Gasteiger partial charge in [0.1, 0.15) is 0 Å². The van der Waals surface area contributed by atoms with Crippen LogP contribution in [0.4, 0.5) is 5.69 Å². The largest absolute Gasteiger partial charge is 0.490 e. The first-order chi connectivity index (χ1) is 14.1. The second kappa shape index (κ2) is 9.96. The summed E-state index contributed by atoms with van der Waals surface area (Å²) in [5, 5.41) is 5.80. The maximum absolute atomic E-state index is 12.7. The fourth-order valence-electron chi connectivity index (χ4n) is 2.71. The van der Waals surface area contributed by atoms with Crippen LogP contribution in [0.2, 0.25) is 0 Å². The average Bonchev–Trinajstić information content (AvgIpc) is 3.55. The molecule has 2 aromatic carbocycles. The van der Waals surface area contributed by atoms with Crippen molar-refractivity contribution in [2.24, 2.45) is 0 Å². The molecule has 3 rings (SSSR count). The third kappa shape index (κ3) is 5.98. The highest BCUT2D eigenvalue weighted by molar-refractivity contribution is 6.05. The molecule has 0 aliphatic heterocycles. The number of nitrogens with one attached hydrogen (secondary N) is 2. The molecule has 0 bridgehead atoms. The molecule has 1 saturated carbocycles. The normalized spacial score (nSPS) is 12.9. The molecule has 0 heterocycles. The molecule has 1 fully saturated rings. The number of carbonyl (C=O) groups excluding carboxylic acids is 2. The van der Waals surface area contributed by atoms with Crippen molar-refractivity contribution < 1.29 is 19.1 Å².